The highest BCUT2D eigenvalue weighted by Gasteiger charge is 1.98. The lowest BCUT2D eigenvalue weighted by Gasteiger charge is -2.02. The highest BCUT2D eigenvalue weighted by atomic mass is 32.1. The van der Waals surface area contributed by atoms with E-state index in [4.69, 9.17) is 0 Å². The normalized spacial score (nSPS) is 11.4. The molecule has 1 aromatic rings. The molecular weight excluding hydrogens is 308 g/mol. The van der Waals surface area contributed by atoms with Crippen LogP contribution < -0.4 is 0 Å². The number of rotatable bonds is 16. The van der Waals surface area contributed by atoms with Crippen LogP contribution in [0.2, 0.25) is 0 Å². The van der Waals surface area contributed by atoms with Crippen molar-refractivity contribution in [2.45, 2.75) is 96.8 Å². The highest BCUT2D eigenvalue weighted by molar-refractivity contribution is 7.77. The summed E-state index contributed by atoms with van der Waals surface area (Å²) in [5.74, 6) is 1.27. The van der Waals surface area contributed by atoms with Gasteiger partial charge in [0.2, 0.25) is 0 Å². The monoisotopic (exact) mass is 347 g/mol. The molecular formula is C23H39S+. The first-order chi connectivity index (χ1) is 11.9. The molecule has 0 aliphatic heterocycles. The van der Waals surface area contributed by atoms with Crippen LogP contribution in [-0.2, 0) is 11.4 Å². The van der Waals surface area contributed by atoms with Gasteiger partial charge in [-0.05, 0) is 18.6 Å². The van der Waals surface area contributed by atoms with E-state index in [1.54, 1.807) is 0 Å². The van der Waals surface area contributed by atoms with Crippen LogP contribution in [0.25, 0.3) is 0 Å². The lowest BCUT2D eigenvalue weighted by Crippen LogP contribution is -1.88. The summed E-state index contributed by atoms with van der Waals surface area (Å²) >= 11 is 1.97. The Morgan fingerprint density at radius 2 is 1.08 bits per heavy atom. The standard InChI is InChI=1S/C23H39S/c1-2-3-4-5-6-7-8-9-10-11-12-13-14-18-21-24-22-23-19-16-15-17-20-23/h15-17,19-20,22H,2-14,18,21H2,1H3/q+1. The van der Waals surface area contributed by atoms with Crippen LogP contribution in [0.1, 0.15) is 102 Å². The number of hydrogen-bond donors (Lipinski definition) is 0. The van der Waals surface area contributed by atoms with Crippen molar-refractivity contribution in [3.63, 3.8) is 0 Å². The lowest BCUT2D eigenvalue weighted by molar-refractivity contribution is 0.538. The van der Waals surface area contributed by atoms with Gasteiger partial charge in [-0.25, -0.2) is 0 Å². The SMILES string of the molecule is CCCCCCCCCCCCCCCC[S+]=Cc1ccccc1. The van der Waals surface area contributed by atoms with E-state index in [-0.39, 0.29) is 0 Å². The summed E-state index contributed by atoms with van der Waals surface area (Å²) in [4.78, 5) is 0. The maximum absolute atomic E-state index is 2.29. The average Bonchev–Trinajstić information content (AvgIpc) is 2.62. The Bertz CT molecular complexity index is 382. The largest absolute Gasteiger partial charge is 0.196 e. The van der Waals surface area contributed by atoms with Crippen molar-refractivity contribution in [3.8, 4) is 0 Å². The molecule has 0 nitrogen and oxygen atoms in total. The van der Waals surface area contributed by atoms with Crippen LogP contribution in [-0.4, -0.2) is 11.1 Å². The molecule has 0 radical (unpaired) electrons. The van der Waals surface area contributed by atoms with Crippen molar-refractivity contribution in [2.75, 3.05) is 5.75 Å². The molecule has 0 saturated heterocycles. The quantitative estimate of drug-likeness (QED) is 0.166. The predicted molar refractivity (Wildman–Crippen MR) is 114 cm³/mol. The van der Waals surface area contributed by atoms with Crippen LogP contribution in [0.3, 0.4) is 0 Å². The molecule has 0 N–H and O–H groups in total. The topological polar surface area (TPSA) is 0 Å². The summed E-state index contributed by atoms with van der Waals surface area (Å²) in [6.07, 6.45) is 20.2. The van der Waals surface area contributed by atoms with Gasteiger partial charge in [0.05, 0.1) is 0 Å². The molecule has 0 amide bonds. The van der Waals surface area contributed by atoms with E-state index >= 15 is 0 Å². The Balaban J connectivity index is 1.75. The molecule has 1 rings (SSSR count). The minimum Gasteiger partial charge on any atom is -0.0654 e. The summed E-state index contributed by atoms with van der Waals surface area (Å²) in [7, 11) is 0. The first-order valence-electron chi connectivity index (χ1n) is 10.4. The van der Waals surface area contributed by atoms with Crippen LogP contribution in [0.4, 0.5) is 0 Å². The molecule has 0 aromatic heterocycles. The van der Waals surface area contributed by atoms with E-state index in [1.807, 2.05) is 11.4 Å². The Morgan fingerprint density at radius 3 is 1.58 bits per heavy atom. The Kier molecular flexibility index (Phi) is 15.3. The van der Waals surface area contributed by atoms with Crippen LogP contribution in [0, 0.1) is 0 Å². The van der Waals surface area contributed by atoms with E-state index in [0.29, 0.717) is 0 Å². The summed E-state index contributed by atoms with van der Waals surface area (Å²) in [6, 6.07) is 10.7. The third kappa shape index (κ3) is 13.7. The van der Waals surface area contributed by atoms with Gasteiger partial charge in [0.25, 0.3) is 0 Å². The predicted octanol–water partition coefficient (Wildman–Crippen LogP) is 7.40. The molecule has 136 valence electrons. The minimum atomic E-state index is 1.27. The van der Waals surface area contributed by atoms with Crippen LogP contribution >= 0.6 is 0 Å². The minimum absolute atomic E-state index is 1.27. The maximum atomic E-state index is 2.29. The fourth-order valence-electron chi connectivity index (χ4n) is 3.07. The van der Waals surface area contributed by atoms with Gasteiger partial charge in [-0.3, -0.25) is 0 Å². The second-order valence-electron chi connectivity index (χ2n) is 7.00. The Hall–Kier alpha value is -0.690. The molecule has 0 spiro atoms. The van der Waals surface area contributed by atoms with E-state index in [1.165, 1.54) is 101 Å². The van der Waals surface area contributed by atoms with Crippen LogP contribution in [0.15, 0.2) is 30.3 Å². The first-order valence-corrected chi connectivity index (χ1v) is 11.5. The maximum Gasteiger partial charge on any atom is 0.196 e. The summed E-state index contributed by atoms with van der Waals surface area (Å²) in [6.45, 7) is 2.29. The molecule has 1 heteroatoms. The van der Waals surface area contributed by atoms with Gasteiger partial charge < -0.3 is 0 Å². The fourth-order valence-corrected chi connectivity index (χ4v) is 3.90. The molecule has 0 fully saturated rings. The van der Waals surface area contributed by atoms with E-state index in [2.05, 4.69) is 42.6 Å². The summed E-state index contributed by atoms with van der Waals surface area (Å²) in [5, 5.41) is 2.29. The van der Waals surface area contributed by atoms with Gasteiger partial charge in [0, 0.05) is 12.0 Å². The average molecular weight is 348 g/mol. The first kappa shape index (κ1) is 21.4. The van der Waals surface area contributed by atoms with Gasteiger partial charge in [-0.1, -0.05) is 102 Å². The van der Waals surface area contributed by atoms with Gasteiger partial charge in [-0.15, -0.1) is 0 Å². The molecule has 0 unspecified atom stereocenters. The van der Waals surface area contributed by atoms with Crippen molar-refractivity contribution in [2.24, 2.45) is 0 Å². The molecule has 0 heterocycles. The van der Waals surface area contributed by atoms with Crippen molar-refractivity contribution in [1.82, 2.24) is 0 Å². The zero-order valence-electron chi connectivity index (χ0n) is 16.0. The van der Waals surface area contributed by atoms with Gasteiger partial charge in [0.15, 0.2) is 22.5 Å². The third-order valence-electron chi connectivity index (χ3n) is 4.63. The van der Waals surface area contributed by atoms with Crippen molar-refractivity contribution in [3.05, 3.63) is 35.9 Å². The molecule has 0 saturated carbocycles. The molecule has 0 atom stereocenters. The van der Waals surface area contributed by atoms with Gasteiger partial charge >= 0.3 is 0 Å². The second kappa shape index (κ2) is 17.1. The molecule has 0 bridgehead atoms. The third-order valence-corrected chi connectivity index (χ3v) is 5.60. The number of benzene rings is 1. The molecule has 1 aromatic carbocycles. The second-order valence-corrected chi connectivity index (χ2v) is 7.97. The van der Waals surface area contributed by atoms with E-state index < -0.39 is 0 Å². The lowest BCUT2D eigenvalue weighted by atomic mass is 10.0. The number of unbranched alkanes of at least 4 members (excludes halogenated alkanes) is 13. The summed E-state index contributed by atoms with van der Waals surface area (Å²) < 4.78 is 0. The van der Waals surface area contributed by atoms with Crippen LogP contribution in [0.5, 0.6) is 0 Å². The van der Waals surface area contributed by atoms with Crippen molar-refractivity contribution in [1.29, 1.82) is 0 Å². The Morgan fingerprint density at radius 1 is 0.625 bits per heavy atom. The van der Waals surface area contributed by atoms with Crippen molar-refractivity contribution >= 4 is 16.7 Å². The number of hydrogen-bond acceptors (Lipinski definition) is 0. The highest BCUT2D eigenvalue weighted by Crippen LogP contribution is 2.12. The fraction of sp³-hybridized carbons (Fsp3) is 0.696. The van der Waals surface area contributed by atoms with E-state index in [0.717, 1.165) is 0 Å². The molecule has 24 heavy (non-hydrogen) atoms. The Labute approximate surface area is 155 Å². The van der Waals surface area contributed by atoms with E-state index in [9.17, 15) is 0 Å². The van der Waals surface area contributed by atoms with Gasteiger partial charge in [0.1, 0.15) is 0 Å². The smallest absolute Gasteiger partial charge is 0.0654 e. The molecule has 0 aliphatic rings. The molecule has 0 aliphatic carbocycles. The zero-order valence-corrected chi connectivity index (χ0v) is 16.8. The zero-order chi connectivity index (χ0) is 17.1. The van der Waals surface area contributed by atoms with Gasteiger partial charge in [-0.2, -0.15) is 0 Å². The van der Waals surface area contributed by atoms with Crippen molar-refractivity contribution < 1.29 is 0 Å². The summed E-state index contributed by atoms with van der Waals surface area (Å²) in [5.41, 5.74) is 1.34.